The van der Waals surface area contributed by atoms with Crippen LogP contribution in [0, 0.1) is 11.3 Å². The zero-order chi connectivity index (χ0) is 18.9. The molecule has 0 aliphatic heterocycles. The van der Waals surface area contributed by atoms with E-state index < -0.39 is 18.0 Å². The number of nitrogens with zero attached hydrogens (tertiary/aromatic N) is 1. The van der Waals surface area contributed by atoms with Crippen molar-refractivity contribution < 1.29 is 19.1 Å². The zero-order valence-electron chi connectivity index (χ0n) is 14.7. The van der Waals surface area contributed by atoms with Crippen molar-refractivity contribution >= 4 is 17.6 Å². The first-order valence-electron chi connectivity index (χ1n) is 8.24. The van der Waals surface area contributed by atoms with Gasteiger partial charge in [0.15, 0.2) is 12.7 Å². The lowest BCUT2D eigenvalue weighted by Gasteiger charge is -2.14. The van der Waals surface area contributed by atoms with Crippen molar-refractivity contribution in [3.63, 3.8) is 0 Å². The van der Waals surface area contributed by atoms with E-state index in [1.807, 2.05) is 18.2 Å². The molecule has 0 radical (unpaired) electrons. The van der Waals surface area contributed by atoms with Gasteiger partial charge in [-0.3, -0.25) is 4.79 Å². The summed E-state index contributed by atoms with van der Waals surface area (Å²) < 4.78 is 10.4. The normalized spacial score (nSPS) is 11.1. The number of hydrogen-bond donors (Lipinski definition) is 1. The number of carbonyl (C=O) groups excluding carboxylic acids is 2. The van der Waals surface area contributed by atoms with Crippen LogP contribution in [0.4, 0.5) is 5.69 Å². The standard InChI is InChI=1S/C20H20N2O4/c1-3-15-8-10-17(11-9-15)25-13-19(23)26-14(2)20(24)22-18-7-5-4-6-16(18)12-21/h4-11,14H,3,13H2,1-2H3,(H,22,24)/t14-/m0/s1. The number of esters is 1. The Morgan fingerprint density at radius 3 is 2.50 bits per heavy atom. The number of rotatable bonds is 7. The molecule has 2 aromatic rings. The van der Waals surface area contributed by atoms with Crippen molar-refractivity contribution in [1.29, 1.82) is 5.26 Å². The molecule has 0 fully saturated rings. The molecule has 1 amide bonds. The van der Waals surface area contributed by atoms with Gasteiger partial charge in [0, 0.05) is 0 Å². The molecule has 0 heterocycles. The minimum absolute atomic E-state index is 0.294. The van der Waals surface area contributed by atoms with Crippen LogP contribution in [0.15, 0.2) is 48.5 Å². The molecule has 6 nitrogen and oxygen atoms in total. The molecule has 2 aromatic carbocycles. The maximum Gasteiger partial charge on any atom is 0.344 e. The monoisotopic (exact) mass is 352 g/mol. The second-order valence-corrected chi connectivity index (χ2v) is 5.56. The molecule has 0 saturated carbocycles. The van der Waals surface area contributed by atoms with Crippen LogP contribution in [0.2, 0.25) is 0 Å². The number of hydrogen-bond acceptors (Lipinski definition) is 5. The van der Waals surface area contributed by atoms with Crippen LogP contribution in [0.5, 0.6) is 5.75 Å². The third kappa shape index (κ3) is 5.35. The van der Waals surface area contributed by atoms with Crippen molar-refractivity contribution in [2.75, 3.05) is 11.9 Å². The van der Waals surface area contributed by atoms with E-state index >= 15 is 0 Å². The van der Waals surface area contributed by atoms with Gasteiger partial charge in [0.1, 0.15) is 11.8 Å². The summed E-state index contributed by atoms with van der Waals surface area (Å²) >= 11 is 0. The van der Waals surface area contributed by atoms with Gasteiger partial charge in [-0.1, -0.05) is 31.2 Å². The number of nitrogens with one attached hydrogen (secondary N) is 1. The van der Waals surface area contributed by atoms with Crippen molar-refractivity contribution in [2.45, 2.75) is 26.4 Å². The van der Waals surface area contributed by atoms with Crippen molar-refractivity contribution in [2.24, 2.45) is 0 Å². The van der Waals surface area contributed by atoms with Gasteiger partial charge in [0.25, 0.3) is 5.91 Å². The highest BCUT2D eigenvalue weighted by atomic mass is 16.6. The topological polar surface area (TPSA) is 88.4 Å². The summed E-state index contributed by atoms with van der Waals surface area (Å²) in [6.45, 7) is 3.21. The van der Waals surface area contributed by atoms with Gasteiger partial charge in [0.2, 0.25) is 0 Å². The van der Waals surface area contributed by atoms with Crippen LogP contribution in [-0.2, 0) is 20.7 Å². The smallest absolute Gasteiger partial charge is 0.344 e. The van der Waals surface area contributed by atoms with Crippen LogP contribution in [-0.4, -0.2) is 24.6 Å². The number of amides is 1. The van der Waals surface area contributed by atoms with E-state index in [9.17, 15) is 9.59 Å². The summed E-state index contributed by atoms with van der Waals surface area (Å²) in [5.74, 6) is -0.617. The second kappa shape index (κ2) is 9.23. The Morgan fingerprint density at radius 2 is 1.85 bits per heavy atom. The highest BCUT2D eigenvalue weighted by molar-refractivity contribution is 5.96. The van der Waals surface area contributed by atoms with Gasteiger partial charge in [-0.05, 0) is 43.2 Å². The van der Waals surface area contributed by atoms with E-state index in [0.29, 0.717) is 17.0 Å². The second-order valence-electron chi connectivity index (χ2n) is 5.56. The predicted molar refractivity (Wildman–Crippen MR) is 96.7 cm³/mol. The maximum absolute atomic E-state index is 12.1. The lowest BCUT2D eigenvalue weighted by molar-refractivity contribution is -0.155. The van der Waals surface area contributed by atoms with Gasteiger partial charge in [0.05, 0.1) is 11.3 Å². The number of anilines is 1. The Kier molecular flexibility index (Phi) is 6.75. The lowest BCUT2D eigenvalue weighted by Crippen LogP contribution is -2.31. The molecule has 0 aliphatic carbocycles. The van der Waals surface area contributed by atoms with Gasteiger partial charge >= 0.3 is 5.97 Å². The molecule has 0 aromatic heterocycles. The fourth-order valence-corrected chi connectivity index (χ4v) is 2.17. The Bertz CT molecular complexity index is 809. The Morgan fingerprint density at radius 1 is 1.15 bits per heavy atom. The summed E-state index contributed by atoms with van der Waals surface area (Å²) in [6, 6.07) is 16.0. The first kappa shape index (κ1) is 19.0. The summed E-state index contributed by atoms with van der Waals surface area (Å²) in [5, 5.41) is 11.6. The highest BCUT2D eigenvalue weighted by Crippen LogP contribution is 2.15. The Hall–Kier alpha value is -3.33. The van der Waals surface area contributed by atoms with Crippen LogP contribution >= 0.6 is 0 Å². The van der Waals surface area contributed by atoms with Crippen molar-refractivity contribution in [3.05, 3.63) is 59.7 Å². The maximum atomic E-state index is 12.1. The minimum atomic E-state index is -1.01. The van der Waals surface area contributed by atoms with Crippen LogP contribution < -0.4 is 10.1 Å². The first-order valence-corrected chi connectivity index (χ1v) is 8.24. The largest absolute Gasteiger partial charge is 0.482 e. The third-order valence-electron chi connectivity index (χ3n) is 3.67. The number of aryl methyl sites for hydroxylation is 1. The fourth-order valence-electron chi connectivity index (χ4n) is 2.17. The molecule has 0 spiro atoms. The minimum Gasteiger partial charge on any atom is -0.482 e. The number of benzene rings is 2. The molecule has 1 N–H and O–H groups in total. The number of nitriles is 1. The molecule has 0 saturated heterocycles. The van der Waals surface area contributed by atoms with E-state index in [0.717, 1.165) is 6.42 Å². The quantitative estimate of drug-likeness (QED) is 0.774. The summed E-state index contributed by atoms with van der Waals surface area (Å²) in [4.78, 5) is 24.0. The Balaban J connectivity index is 1.83. The average molecular weight is 352 g/mol. The summed E-state index contributed by atoms with van der Waals surface area (Å²) in [5.41, 5.74) is 1.87. The van der Waals surface area contributed by atoms with Crippen molar-refractivity contribution in [3.8, 4) is 11.8 Å². The van der Waals surface area contributed by atoms with E-state index in [1.165, 1.54) is 12.5 Å². The summed E-state index contributed by atoms with van der Waals surface area (Å²) in [7, 11) is 0. The highest BCUT2D eigenvalue weighted by Gasteiger charge is 2.19. The van der Waals surface area contributed by atoms with Crippen molar-refractivity contribution in [1.82, 2.24) is 0 Å². The summed E-state index contributed by atoms with van der Waals surface area (Å²) in [6.07, 6.45) is -0.0931. The van der Waals surface area contributed by atoms with Crippen LogP contribution in [0.1, 0.15) is 25.0 Å². The van der Waals surface area contributed by atoms with Gasteiger partial charge in [-0.2, -0.15) is 5.26 Å². The molecule has 1 atom stereocenters. The van der Waals surface area contributed by atoms with E-state index in [1.54, 1.807) is 36.4 Å². The van der Waals surface area contributed by atoms with E-state index in [-0.39, 0.29) is 6.61 Å². The lowest BCUT2D eigenvalue weighted by atomic mass is 10.2. The molecule has 6 heteroatoms. The first-order chi connectivity index (χ1) is 12.5. The van der Waals surface area contributed by atoms with Gasteiger partial charge < -0.3 is 14.8 Å². The van der Waals surface area contributed by atoms with Gasteiger partial charge in [-0.25, -0.2) is 4.79 Å². The third-order valence-corrected chi connectivity index (χ3v) is 3.67. The van der Waals surface area contributed by atoms with E-state index in [2.05, 4.69) is 12.2 Å². The van der Waals surface area contributed by atoms with Gasteiger partial charge in [-0.15, -0.1) is 0 Å². The molecule has 134 valence electrons. The molecule has 0 bridgehead atoms. The number of carbonyl (C=O) groups is 2. The Labute approximate surface area is 152 Å². The predicted octanol–water partition coefficient (Wildman–Crippen LogP) is 3.07. The molecular formula is C20H20N2O4. The van der Waals surface area contributed by atoms with Crippen LogP contribution in [0.3, 0.4) is 0 Å². The molecule has 26 heavy (non-hydrogen) atoms. The van der Waals surface area contributed by atoms with Crippen LogP contribution in [0.25, 0.3) is 0 Å². The SMILES string of the molecule is CCc1ccc(OCC(=O)O[C@@H](C)C(=O)Nc2ccccc2C#N)cc1. The average Bonchev–Trinajstić information content (AvgIpc) is 2.67. The zero-order valence-corrected chi connectivity index (χ0v) is 14.7. The van der Waals surface area contributed by atoms with E-state index in [4.69, 9.17) is 14.7 Å². The number of ether oxygens (including phenoxy) is 2. The molecule has 0 aliphatic rings. The number of para-hydroxylation sites is 1. The molecular weight excluding hydrogens is 332 g/mol. The molecule has 2 rings (SSSR count). The molecule has 0 unspecified atom stereocenters. The fraction of sp³-hybridized carbons (Fsp3) is 0.250.